The maximum atomic E-state index is 12.7. The number of nitrogens with one attached hydrogen (secondary N) is 1. The SMILES string of the molecule is Cc1ccc(S(=O)(=O)N2CCC(NS(=O)(=O)c3ccc(Br)cc3)CC2)cc1. The second kappa shape index (κ2) is 8.00. The standard InChI is InChI=1S/C18H21BrN2O4S2/c1-14-2-6-18(7-3-14)27(24,25)21-12-10-16(11-13-21)20-26(22,23)17-8-4-15(19)5-9-17/h2-9,16,20H,10-13H2,1H3. The average molecular weight is 473 g/mol. The number of nitrogens with zero attached hydrogens (tertiary/aromatic N) is 1. The van der Waals surface area contributed by atoms with Crippen molar-refractivity contribution in [2.24, 2.45) is 0 Å². The van der Waals surface area contributed by atoms with E-state index in [2.05, 4.69) is 20.7 Å². The Balaban J connectivity index is 1.65. The van der Waals surface area contributed by atoms with E-state index in [1.54, 1.807) is 36.4 Å². The molecule has 6 nitrogen and oxygen atoms in total. The molecular formula is C18H21BrN2O4S2. The van der Waals surface area contributed by atoms with Crippen molar-refractivity contribution >= 4 is 36.0 Å². The lowest BCUT2D eigenvalue weighted by Gasteiger charge is -2.31. The van der Waals surface area contributed by atoms with Crippen LogP contribution in [0.4, 0.5) is 0 Å². The molecule has 0 bridgehead atoms. The van der Waals surface area contributed by atoms with Gasteiger partial charge in [-0.2, -0.15) is 4.31 Å². The van der Waals surface area contributed by atoms with Crippen molar-refractivity contribution in [3.05, 3.63) is 58.6 Å². The zero-order valence-electron chi connectivity index (χ0n) is 14.8. The van der Waals surface area contributed by atoms with Gasteiger partial charge in [0.2, 0.25) is 20.0 Å². The minimum absolute atomic E-state index is 0.195. The Bertz CT molecular complexity index is 996. The molecule has 2 aromatic rings. The molecule has 9 heteroatoms. The van der Waals surface area contributed by atoms with Gasteiger partial charge >= 0.3 is 0 Å². The van der Waals surface area contributed by atoms with Gasteiger partial charge in [-0.3, -0.25) is 0 Å². The van der Waals surface area contributed by atoms with Crippen LogP contribution in [-0.2, 0) is 20.0 Å². The van der Waals surface area contributed by atoms with Crippen LogP contribution in [0.1, 0.15) is 18.4 Å². The quantitative estimate of drug-likeness (QED) is 0.724. The molecular weight excluding hydrogens is 452 g/mol. The molecule has 27 heavy (non-hydrogen) atoms. The topological polar surface area (TPSA) is 83.6 Å². The van der Waals surface area contributed by atoms with E-state index in [1.807, 2.05) is 6.92 Å². The zero-order chi connectivity index (χ0) is 19.7. The summed E-state index contributed by atoms with van der Waals surface area (Å²) in [6.45, 7) is 2.47. The van der Waals surface area contributed by atoms with Crippen molar-refractivity contribution in [1.82, 2.24) is 9.03 Å². The first-order valence-electron chi connectivity index (χ1n) is 8.53. The smallest absolute Gasteiger partial charge is 0.208 e. The third-order valence-corrected chi connectivity index (χ3v) is 8.54. The van der Waals surface area contributed by atoms with Crippen molar-refractivity contribution in [3.63, 3.8) is 0 Å². The average Bonchev–Trinajstić information content (AvgIpc) is 2.62. The molecule has 2 aromatic carbocycles. The normalized spacial score (nSPS) is 17.1. The van der Waals surface area contributed by atoms with Crippen LogP contribution in [0.15, 0.2) is 62.8 Å². The van der Waals surface area contributed by atoms with Crippen LogP contribution in [0, 0.1) is 6.92 Å². The number of benzene rings is 2. The van der Waals surface area contributed by atoms with E-state index in [9.17, 15) is 16.8 Å². The number of piperidine rings is 1. The Hall–Kier alpha value is -1.26. The van der Waals surface area contributed by atoms with Gasteiger partial charge in [-0.15, -0.1) is 0 Å². The summed E-state index contributed by atoms with van der Waals surface area (Å²) >= 11 is 3.28. The van der Waals surface area contributed by atoms with Gasteiger partial charge in [0, 0.05) is 23.6 Å². The minimum atomic E-state index is -3.63. The molecule has 1 N–H and O–H groups in total. The zero-order valence-corrected chi connectivity index (χ0v) is 18.0. The fourth-order valence-corrected chi connectivity index (χ4v) is 6.01. The highest BCUT2D eigenvalue weighted by Crippen LogP contribution is 2.22. The van der Waals surface area contributed by atoms with Gasteiger partial charge < -0.3 is 0 Å². The first kappa shape index (κ1) is 20.5. The largest absolute Gasteiger partial charge is 0.243 e. The van der Waals surface area contributed by atoms with Gasteiger partial charge in [-0.25, -0.2) is 21.6 Å². The number of sulfonamides is 2. The summed E-state index contributed by atoms with van der Waals surface area (Å²) in [5, 5.41) is 0. The van der Waals surface area contributed by atoms with E-state index in [0.717, 1.165) is 10.0 Å². The van der Waals surface area contributed by atoms with E-state index in [4.69, 9.17) is 0 Å². The predicted molar refractivity (Wildman–Crippen MR) is 107 cm³/mol. The summed E-state index contributed by atoms with van der Waals surface area (Å²) in [6, 6.07) is 12.9. The molecule has 0 amide bonds. The molecule has 1 saturated heterocycles. The Morgan fingerprint density at radius 2 is 1.41 bits per heavy atom. The molecule has 0 unspecified atom stereocenters. The molecule has 0 aromatic heterocycles. The molecule has 0 aliphatic carbocycles. The summed E-state index contributed by atoms with van der Waals surface area (Å²) in [6.07, 6.45) is 0.863. The number of halogens is 1. The molecule has 146 valence electrons. The Morgan fingerprint density at radius 1 is 0.889 bits per heavy atom. The van der Waals surface area contributed by atoms with Crippen LogP contribution >= 0.6 is 15.9 Å². The Kier molecular flexibility index (Phi) is 6.07. The van der Waals surface area contributed by atoms with Gasteiger partial charge in [0.15, 0.2) is 0 Å². The second-order valence-electron chi connectivity index (χ2n) is 6.57. The summed E-state index contributed by atoms with van der Waals surface area (Å²) in [4.78, 5) is 0.461. The number of hydrogen-bond donors (Lipinski definition) is 1. The third-order valence-electron chi connectivity index (χ3n) is 4.56. The lowest BCUT2D eigenvalue weighted by atomic mass is 10.1. The Labute approximate surface area is 168 Å². The number of rotatable bonds is 5. The molecule has 0 atom stereocenters. The van der Waals surface area contributed by atoms with Crippen LogP contribution in [0.3, 0.4) is 0 Å². The third kappa shape index (κ3) is 4.78. The summed E-state index contributed by atoms with van der Waals surface area (Å²) in [5.41, 5.74) is 0.995. The lowest BCUT2D eigenvalue weighted by Crippen LogP contribution is -2.46. The molecule has 3 rings (SSSR count). The van der Waals surface area contributed by atoms with Crippen molar-refractivity contribution in [3.8, 4) is 0 Å². The molecule has 1 heterocycles. The van der Waals surface area contributed by atoms with Gasteiger partial charge in [-0.1, -0.05) is 33.6 Å². The highest BCUT2D eigenvalue weighted by Gasteiger charge is 2.31. The van der Waals surface area contributed by atoms with E-state index in [0.29, 0.717) is 12.8 Å². The van der Waals surface area contributed by atoms with E-state index in [1.165, 1.54) is 16.4 Å². The van der Waals surface area contributed by atoms with Crippen LogP contribution in [0.25, 0.3) is 0 Å². The van der Waals surface area contributed by atoms with Gasteiger partial charge in [0.1, 0.15) is 0 Å². The van der Waals surface area contributed by atoms with Gasteiger partial charge in [0.05, 0.1) is 9.79 Å². The van der Waals surface area contributed by atoms with Crippen molar-refractivity contribution in [2.75, 3.05) is 13.1 Å². The van der Waals surface area contributed by atoms with Crippen molar-refractivity contribution in [1.29, 1.82) is 0 Å². The first-order valence-corrected chi connectivity index (χ1v) is 12.2. The summed E-state index contributed by atoms with van der Waals surface area (Å²) in [7, 11) is -7.18. The van der Waals surface area contributed by atoms with Crippen molar-refractivity contribution in [2.45, 2.75) is 35.6 Å². The summed E-state index contributed by atoms with van der Waals surface area (Å²) < 4.78 is 55.3. The van der Waals surface area contributed by atoms with E-state index >= 15 is 0 Å². The Morgan fingerprint density at radius 3 is 1.96 bits per heavy atom. The molecule has 1 aliphatic heterocycles. The lowest BCUT2D eigenvalue weighted by molar-refractivity contribution is 0.308. The highest BCUT2D eigenvalue weighted by atomic mass is 79.9. The van der Waals surface area contributed by atoms with Gasteiger partial charge in [-0.05, 0) is 56.2 Å². The summed E-state index contributed by atoms with van der Waals surface area (Å²) in [5.74, 6) is 0. The fraction of sp³-hybridized carbons (Fsp3) is 0.333. The van der Waals surface area contributed by atoms with Crippen LogP contribution in [0.5, 0.6) is 0 Å². The minimum Gasteiger partial charge on any atom is -0.208 e. The fourth-order valence-electron chi connectivity index (χ4n) is 2.97. The maximum absolute atomic E-state index is 12.7. The molecule has 0 saturated carbocycles. The predicted octanol–water partition coefficient (Wildman–Crippen LogP) is 2.89. The maximum Gasteiger partial charge on any atom is 0.243 e. The van der Waals surface area contributed by atoms with Gasteiger partial charge in [0.25, 0.3) is 0 Å². The second-order valence-corrected chi connectivity index (χ2v) is 11.1. The monoisotopic (exact) mass is 472 g/mol. The van der Waals surface area contributed by atoms with Crippen molar-refractivity contribution < 1.29 is 16.8 Å². The molecule has 1 fully saturated rings. The molecule has 0 radical (unpaired) electrons. The molecule has 1 aliphatic rings. The van der Waals surface area contributed by atoms with Crippen LogP contribution in [-0.4, -0.2) is 40.3 Å². The number of aryl methyl sites for hydroxylation is 1. The van der Waals surface area contributed by atoms with Crippen LogP contribution < -0.4 is 4.72 Å². The molecule has 0 spiro atoms. The first-order chi connectivity index (χ1) is 12.7. The van der Waals surface area contributed by atoms with E-state index in [-0.39, 0.29) is 28.9 Å². The van der Waals surface area contributed by atoms with E-state index < -0.39 is 20.0 Å². The number of hydrogen-bond acceptors (Lipinski definition) is 4. The highest BCUT2D eigenvalue weighted by molar-refractivity contribution is 9.10. The van der Waals surface area contributed by atoms with Crippen LogP contribution in [0.2, 0.25) is 0 Å².